The molecule has 0 bridgehead atoms. The van der Waals surface area contributed by atoms with Crippen LogP contribution >= 0.6 is 11.8 Å². The number of carbonyl (C=O) groups is 3. The number of nitrogens with one attached hydrogen (secondary N) is 1. The Morgan fingerprint density at radius 2 is 2.13 bits per heavy atom. The molecule has 2 atom stereocenters. The van der Waals surface area contributed by atoms with Crippen LogP contribution in [0, 0.1) is 16.0 Å². The molecule has 0 fully saturated rings. The van der Waals surface area contributed by atoms with Gasteiger partial charge in [-0.3, -0.25) is 24.7 Å². The molecule has 0 radical (unpaired) electrons. The first kappa shape index (κ1) is 24.3. The van der Waals surface area contributed by atoms with Gasteiger partial charge in [-0.15, -0.1) is 0 Å². The van der Waals surface area contributed by atoms with Gasteiger partial charge in [-0.2, -0.15) is 11.8 Å². The summed E-state index contributed by atoms with van der Waals surface area (Å²) in [5.74, 6) is -1.29. The van der Waals surface area contributed by atoms with Crippen molar-refractivity contribution >= 4 is 41.3 Å². The van der Waals surface area contributed by atoms with E-state index in [2.05, 4.69) is 10.3 Å². The quantitative estimate of drug-likeness (QED) is 0.182. The Balaban J connectivity index is 2.58. The van der Waals surface area contributed by atoms with Crippen molar-refractivity contribution in [1.82, 2.24) is 5.32 Å². The summed E-state index contributed by atoms with van der Waals surface area (Å²) in [7, 11) is 0. The molecule has 0 aliphatic carbocycles. The number of non-ortho nitro benzene ring substituents is 1. The molecule has 0 aromatic heterocycles. The molecule has 1 aromatic carbocycles. The number of hydrogen-bond acceptors (Lipinski definition) is 8. The minimum Gasteiger partial charge on any atom is -0.463 e. The predicted molar refractivity (Wildman–Crippen MR) is 118 cm³/mol. The number of nitro benzene ring substituents is 1. The highest BCUT2D eigenvalue weighted by atomic mass is 32.2. The lowest BCUT2D eigenvalue weighted by molar-refractivity contribution is -0.384. The van der Waals surface area contributed by atoms with Crippen molar-refractivity contribution in [3.8, 4) is 0 Å². The Morgan fingerprint density at radius 1 is 1.39 bits per heavy atom. The fraction of sp³-hybridized carbons (Fsp3) is 0.429. The van der Waals surface area contributed by atoms with Gasteiger partial charge in [0.25, 0.3) is 5.69 Å². The molecule has 9 nitrogen and oxygen atoms in total. The van der Waals surface area contributed by atoms with E-state index < -0.39 is 22.7 Å². The first-order valence-electron chi connectivity index (χ1n) is 9.76. The van der Waals surface area contributed by atoms with E-state index >= 15 is 0 Å². The van der Waals surface area contributed by atoms with Gasteiger partial charge in [0, 0.05) is 41.8 Å². The second kappa shape index (κ2) is 11.4. The van der Waals surface area contributed by atoms with Gasteiger partial charge in [0.05, 0.1) is 28.7 Å². The van der Waals surface area contributed by atoms with Crippen LogP contribution in [0.3, 0.4) is 0 Å². The van der Waals surface area contributed by atoms with Crippen LogP contribution in [0.25, 0.3) is 0 Å². The molecular formula is C21H25N3O6S. The molecule has 1 aliphatic heterocycles. The molecule has 0 saturated heterocycles. The van der Waals surface area contributed by atoms with Gasteiger partial charge in [-0.1, -0.05) is 12.1 Å². The third-order valence-electron chi connectivity index (χ3n) is 4.80. The van der Waals surface area contributed by atoms with Crippen LogP contribution in [0.4, 0.5) is 5.69 Å². The van der Waals surface area contributed by atoms with Crippen molar-refractivity contribution < 1.29 is 24.0 Å². The predicted octanol–water partition coefficient (Wildman–Crippen LogP) is 2.65. The van der Waals surface area contributed by atoms with Crippen molar-refractivity contribution in [2.24, 2.45) is 10.9 Å². The first-order chi connectivity index (χ1) is 14.8. The fourth-order valence-corrected chi connectivity index (χ4v) is 4.39. The summed E-state index contributed by atoms with van der Waals surface area (Å²) in [4.78, 5) is 51.2. The van der Waals surface area contributed by atoms with Crippen molar-refractivity contribution in [2.45, 2.75) is 26.7 Å². The molecule has 2 unspecified atom stereocenters. The van der Waals surface area contributed by atoms with E-state index in [1.807, 2.05) is 0 Å². The Hall–Kier alpha value is -3.01. The van der Waals surface area contributed by atoms with Crippen molar-refractivity contribution in [3.63, 3.8) is 0 Å². The summed E-state index contributed by atoms with van der Waals surface area (Å²) < 4.78 is 5.27. The molecule has 0 saturated carbocycles. The van der Waals surface area contributed by atoms with Crippen LogP contribution in [-0.4, -0.2) is 53.5 Å². The molecule has 166 valence electrons. The van der Waals surface area contributed by atoms with Gasteiger partial charge in [-0.25, -0.2) is 4.79 Å². The van der Waals surface area contributed by atoms with Crippen LogP contribution in [-0.2, 0) is 19.1 Å². The number of benzene rings is 1. The SMILES string of the molecule is CCOC(=O)C1=C(CSCCNC=O)N=C(C)C(C(C)=O)C1c1cccc([N+](=O)[O-])c1. The third-order valence-corrected chi connectivity index (χ3v) is 5.77. The lowest BCUT2D eigenvalue weighted by Crippen LogP contribution is -2.35. The number of carbonyl (C=O) groups excluding carboxylic acids is 3. The highest BCUT2D eigenvalue weighted by Gasteiger charge is 2.41. The van der Waals surface area contributed by atoms with Gasteiger partial charge >= 0.3 is 5.97 Å². The fourth-order valence-electron chi connectivity index (χ4n) is 3.57. The monoisotopic (exact) mass is 447 g/mol. The van der Waals surface area contributed by atoms with E-state index in [1.54, 1.807) is 19.9 Å². The smallest absolute Gasteiger partial charge is 0.336 e. The summed E-state index contributed by atoms with van der Waals surface area (Å²) in [6, 6.07) is 5.95. The number of nitro groups is 1. The van der Waals surface area contributed by atoms with Crippen molar-refractivity contribution in [1.29, 1.82) is 0 Å². The van der Waals surface area contributed by atoms with Crippen LogP contribution in [0.5, 0.6) is 0 Å². The van der Waals surface area contributed by atoms with E-state index in [9.17, 15) is 24.5 Å². The van der Waals surface area contributed by atoms with Crippen LogP contribution in [0.1, 0.15) is 32.3 Å². The van der Waals surface area contributed by atoms with E-state index in [1.165, 1.54) is 36.9 Å². The molecule has 2 rings (SSSR count). The van der Waals surface area contributed by atoms with E-state index in [0.717, 1.165) is 0 Å². The summed E-state index contributed by atoms with van der Waals surface area (Å²) >= 11 is 1.47. The molecular weight excluding hydrogens is 422 g/mol. The maximum atomic E-state index is 13.0. The number of esters is 1. The molecule has 0 spiro atoms. The number of aliphatic imine (C=N–C) groups is 1. The molecule has 31 heavy (non-hydrogen) atoms. The molecule has 1 amide bonds. The third kappa shape index (κ3) is 6.00. The summed E-state index contributed by atoms with van der Waals surface area (Å²) in [6.45, 7) is 5.42. The molecule has 1 aromatic rings. The zero-order chi connectivity index (χ0) is 23.0. The van der Waals surface area contributed by atoms with Gasteiger partial charge in [0.15, 0.2) is 0 Å². The minimum atomic E-state index is -0.738. The lowest BCUT2D eigenvalue weighted by atomic mass is 9.74. The second-order valence-corrected chi connectivity index (χ2v) is 7.98. The maximum absolute atomic E-state index is 13.0. The van der Waals surface area contributed by atoms with E-state index in [0.29, 0.717) is 41.4 Å². The first-order valence-corrected chi connectivity index (χ1v) is 10.9. The van der Waals surface area contributed by atoms with Gasteiger partial charge < -0.3 is 10.1 Å². The van der Waals surface area contributed by atoms with Crippen LogP contribution in [0.15, 0.2) is 40.5 Å². The maximum Gasteiger partial charge on any atom is 0.336 e. The number of amides is 1. The highest BCUT2D eigenvalue weighted by Crippen LogP contribution is 2.41. The van der Waals surface area contributed by atoms with Crippen LogP contribution < -0.4 is 5.32 Å². The Bertz CT molecular complexity index is 927. The Labute approximate surface area is 184 Å². The number of hydrogen-bond donors (Lipinski definition) is 1. The number of nitrogens with zero attached hydrogens (tertiary/aromatic N) is 2. The summed E-state index contributed by atoms with van der Waals surface area (Å²) in [5.41, 5.74) is 1.61. The average molecular weight is 448 g/mol. The molecule has 1 N–H and O–H groups in total. The van der Waals surface area contributed by atoms with Gasteiger partial charge in [-0.05, 0) is 26.3 Å². The van der Waals surface area contributed by atoms with Crippen molar-refractivity contribution in [3.05, 3.63) is 51.2 Å². The zero-order valence-electron chi connectivity index (χ0n) is 17.6. The summed E-state index contributed by atoms with van der Waals surface area (Å²) in [6.07, 6.45) is 0.614. The molecule has 1 heterocycles. The van der Waals surface area contributed by atoms with Gasteiger partial charge in [0.1, 0.15) is 5.78 Å². The topological polar surface area (TPSA) is 128 Å². The second-order valence-electron chi connectivity index (χ2n) is 6.88. The largest absolute Gasteiger partial charge is 0.463 e. The van der Waals surface area contributed by atoms with Crippen molar-refractivity contribution in [2.75, 3.05) is 24.7 Å². The summed E-state index contributed by atoms with van der Waals surface area (Å²) in [5, 5.41) is 13.9. The lowest BCUT2D eigenvalue weighted by Gasteiger charge is -2.32. The Kier molecular flexibility index (Phi) is 8.92. The zero-order valence-corrected chi connectivity index (χ0v) is 18.4. The number of ether oxygens (including phenoxy) is 1. The number of Topliss-reactive ketones (excluding diaryl/α,β-unsaturated/α-hetero) is 1. The van der Waals surface area contributed by atoms with Gasteiger partial charge in [0.2, 0.25) is 6.41 Å². The minimum absolute atomic E-state index is 0.126. The number of thioether (sulfide) groups is 1. The number of ketones is 1. The van der Waals surface area contributed by atoms with E-state index in [-0.39, 0.29) is 23.7 Å². The Morgan fingerprint density at radius 3 is 2.74 bits per heavy atom. The molecule has 1 aliphatic rings. The average Bonchev–Trinajstić information content (AvgIpc) is 2.72. The molecule has 10 heteroatoms. The van der Waals surface area contributed by atoms with E-state index in [4.69, 9.17) is 4.74 Å². The standard InChI is InChI=1S/C21H25N3O6S/c1-4-30-21(27)20-17(11-31-9-8-22-12-25)23-13(2)18(14(3)26)19(20)15-6-5-7-16(10-15)24(28)29/h5-7,10,12,18-19H,4,8-9,11H2,1-3H3,(H,22,25). The highest BCUT2D eigenvalue weighted by molar-refractivity contribution is 7.99. The normalized spacial score (nSPS) is 18.2. The number of rotatable bonds is 11. The van der Waals surface area contributed by atoms with Crippen LogP contribution in [0.2, 0.25) is 0 Å².